The smallest absolute Gasteiger partial charge is 0.291 e. The third kappa shape index (κ3) is 7.25. The van der Waals surface area contributed by atoms with Gasteiger partial charge in [0.2, 0.25) is 17.8 Å². The van der Waals surface area contributed by atoms with Gasteiger partial charge in [-0.2, -0.15) is 5.10 Å². The quantitative estimate of drug-likeness (QED) is 0.183. The molecule has 0 unspecified atom stereocenters. The Balaban J connectivity index is 0.000000711. The van der Waals surface area contributed by atoms with Gasteiger partial charge in [0.1, 0.15) is 0 Å². The van der Waals surface area contributed by atoms with Crippen molar-refractivity contribution in [3.8, 4) is 0 Å². The Morgan fingerprint density at radius 1 is 1.37 bits per heavy atom. The van der Waals surface area contributed by atoms with E-state index in [1.165, 1.54) is 0 Å². The lowest BCUT2D eigenvalue weighted by Crippen LogP contribution is -2.33. The summed E-state index contributed by atoms with van der Waals surface area (Å²) in [6.45, 7) is 1.79. The molecule has 0 radical (unpaired) electrons. The van der Waals surface area contributed by atoms with Gasteiger partial charge in [-0.1, -0.05) is 0 Å². The first-order valence-electron chi connectivity index (χ1n) is 5.02. The predicted molar refractivity (Wildman–Crippen MR) is 63.7 cm³/mol. The highest BCUT2D eigenvalue weighted by Crippen LogP contribution is 2.11. The second-order valence-electron chi connectivity index (χ2n) is 3.47. The highest BCUT2D eigenvalue weighted by Gasteiger charge is 2.28. The molecule has 1 aliphatic heterocycles. The van der Waals surface area contributed by atoms with E-state index in [0.717, 1.165) is 4.90 Å². The molecule has 1 rings (SSSR count). The van der Waals surface area contributed by atoms with Crippen molar-refractivity contribution in [1.82, 2.24) is 4.90 Å². The number of nitrogens with two attached hydrogens (primary N) is 2. The van der Waals surface area contributed by atoms with Gasteiger partial charge in [0.05, 0.1) is 12.3 Å². The number of likely N-dealkylation sites (tertiary alicyclic amines) is 1. The van der Waals surface area contributed by atoms with Crippen LogP contribution >= 0.6 is 0 Å². The summed E-state index contributed by atoms with van der Waals surface area (Å²) in [5.74, 6) is -0.521. The lowest BCUT2D eigenvalue weighted by atomic mass is 10.4. The molecule has 0 aromatic heterocycles. The van der Waals surface area contributed by atoms with Crippen LogP contribution in [0, 0.1) is 10.1 Å². The van der Waals surface area contributed by atoms with Crippen LogP contribution in [0.15, 0.2) is 10.2 Å². The molecule has 0 aliphatic carbocycles. The van der Waals surface area contributed by atoms with E-state index in [-0.39, 0.29) is 37.2 Å². The Labute approximate surface area is 107 Å². The van der Waals surface area contributed by atoms with Gasteiger partial charge in [-0.15, -0.1) is 15.2 Å². The molecule has 0 spiro atoms. The number of carbonyl (C=O) groups is 2. The third-order valence-electron chi connectivity index (χ3n) is 1.88. The molecule has 1 fully saturated rings. The zero-order valence-electron chi connectivity index (χ0n) is 10.1. The van der Waals surface area contributed by atoms with Crippen molar-refractivity contribution in [2.24, 2.45) is 21.7 Å². The van der Waals surface area contributed by atoms with Crippen LogP contribution in [0.3, 0.4) is 0 Å². The Morgan fingerprint density at radius 3 is 2.16 bits per heavy atom. The van der Waals surface area contributed by atoms with E-state index in [0.29, 0.717) is 5.71 Å². The van der Waals surface area contributed by atoms with E-state index in [9.17, 15) is 9.59 Å². The predicted octanol–water partition coefficient (Wildman–Crippen LogP) is -1.56. The minimum Gasteiger partial charge on any atom is -0.369 e. The van der Waals surface area contributed by atoms with Gasteiger partial charge in [-0.05, 0) is 6.92 Å². The van der Waals surface area contributed by atoms with E-state index in [1.807, 2.05) is 0 Å². The van der Waals surface area contributed by atoms with Crippen LogP contribution in [-0.4, -0.2) is 45.2 Å². The molecule has 0 aromatic carbocycles. The summed E-state index contributed by atoms with van der Waals surface area (Å²) < 4.78 is 0. The molecule has 1 saturated heterocycles. The fraction of sp³-hybridized carbons (Fsp3) is 0.500. The van der Waals surface area contributed by atoms with Crippen LogP contribution < -0.4 is 11.5 Å². The van der Waals surface area contributed by atoms with Gasteiger partial charge < -0.3 is 16.7 Å². The fourth-order valence-corrected chi connectivity index (χ4v) is 1.20. The SMILES string of the molecule is C/C(CN1C(=O)CCC1=O)=N\N=C(N)N.O=[N+]([O-])O. The summed E-state index contributed by atoms with van der Waals surface area (Å²) >= 11 is 0. The highest BCUT2D eigenvalue weighted by molar-refractivity contribution is 6.05. The first kappa shape index (κ1) is 16.3. The van der Waals surface area contributed by atoms with Crippen LogP contribution in [0.2, 0.25) is 0 Å². The van der Waals surface area contributed by atoms with Crippen LogP contribution in [0.1, 0.15) is 19.8 Å². The van der Waals surface area contributed by atoms with Crippen LogP contribution in [0.5, 0.6) is 0 Å². The first-order chi connectivity index (χ1) is 8.73. The summed E-state index contributed by atoms with van der Waals surface area (Å²) in [5.41, 5.74) is 10.7. The maximum Gasteiger partial charge on any atom is 0.291 e. The van der Waals surface area contributed by atoms with E-state index >= 15 is 0 Å². The maximum atomic E-state index is 11.2. The van der Waals surface area contributed by atoms with Crippen LogP contribution in [0.4, 0.5) is 0 Å². The maximum absolute atomic E-state index is 11.2. The van der Waals surface area contributed by atoms with Crippen molar-refractivity contribution in [2.75, 3.05) is 6.54 Å². The highest BCUT2D eigenvalue weighted by atomic mass is 16.9. The molecule has 2 amide bonds. The van der Waals surface area contributed by atoms with Crippen molar-refractivity contribution < 1.29 is 19.9 Å². The zero-order chi connectivity index (χ0) is 15.0. The minimum absolute atomic E-state index is 0.147. The van der Waals surface area contributed by atoms with Crippen molar-refractivity contribution >= 4 is 23.5 Å². The largest absolute Gasteiger partial charge is 0.369 e. The zero-order valence-corrected chi connectivity index (χ0v) is 10.1. The van der Waals surface area contributed by atoms with Gasteiger partial charge in [0.25, 0.3) is 5.09 Å². The number of hydrogen-bond acceptors (Lipinski definition) is 6. The molecule has 19 heavy (non-hydrogen) atoms. The Kier molecular flexibility index (Phi) is 6.49. The van der Waals surface area contributed by atoms with E-state index in [4.69, 9.17) is 26.8 Å². The number of carbonyl (C=O) groups excluding carboxylic acids is 2. The number of nitrogens with zero attached hydrogens (tertiary/aromatic N) is 4. The third-order valence-corrected chi connectivity index (χ3v) is 1.88. The summed E-state index contributed by atoms with van der Waals surface area (Å²) in [5, 5.41) is 20.7. The average Bonchev–Trinajstić information content (AvgIpc) is 2.57. The van der Waals surface area contributed by atoms with Crippen LogP contribution in [-0.2, 0) is 9.59 Å². The Morgan fingerprint density at radius 2 is 1.79 bits per heavy atom. The van der Waals surface area contributed by atoms with E-state index in [1.54, 1.807) is 6.92 Å². The molecule has 0 aromatic rings. The topological polar surface area (TPSA) is 178 Å². The first-order valence-corrected chi connectivity index (χ1v) is 5.02. The monoisotopic (exact) mass is 274 g/mol. The second-order valence-corrected chi connectivity index (χ2v) is 3.47. The molecule has 5 N–H and O–H groups in total. The lowest BCUT2D eigenvalue weighted by molar-refractivity contribution is -0.742. The molecule has 11 nitrogen and oxygen atoms in total. The number of imide groups is 1. The Hall–Kier alpha value is -2.72. The lowest BCUT2D eigenvalue weighted by Gasteiger charge is -2.11. The molecule has 1 aliphatic rings. The van der Waals surface area contributed by atoms with Crippen LogP contribution in [0.25, 0.3) is 0 Å². The summed E-state index contributed by atoms with van der Waals surface area (Å²) in [7, 11) is 0. The van der Waals surface area contributed by atoms with Crippen molar-refractivity contribution in [3.05, 3.63) is 10.1 Å². The van der Waals surface area contributed by atoms with Crippen molar-refractivity contribution in [2.45, 2.75) is 19.8 Å². The molecule has 0 atom stereocenters. The number of hydrogen-bond donors (Lipinski definition) is 3. The number of amides is 2. The Bertz CT molecular complexity index is 407. The number of rotatable bonds is 3. The van der Waals surface area contributed by atoms with Crippen molar-refractivity contribution in [1.29, 1.82) is 0 Å². The summed E-state index contributed by atoms with van der Waals surface area (Å²) in [6.07, 6.45) is 0.544. The number of guanidine groups is 1. The summed E-state index contributed by atoms with van der Waals surface area (Å²) in [6, 6.07) is 0. The second kappa shape index (κ2) is 7.58. The van der Waals surface area contributed by atoms with Gasteiger partial charge in [0, 0.05) is 12.8 Å². The van der Waals surface area contributed by atoms with Gasteiger partial charge in [-0.3, -0.25) is 14.5 Å². The standard InChI is InChI=1S/C8H13N5O2.HNO3/c1-5(11-12-8(9)10)4-13-6(14)2-3-7(13)15;2-1(3)4/h2-4H2,1H3,(H4,9,10,12);(H,2,3,4)/b11-5+;. The molecular weight excluding hydrogens is 260 g/mol. The van der Waals surface area contributed by atoms with E-state index < -0.39 is 5.09 Å². The van der Waals surface area contributed by atoms with Gasteiger partial charge >= 0.3 is 0 Å². The molecule has 0 bridgehead atoms. The normalized spacial score (nSPS) is 14.8. The molecule has 1 heterocycles. The minimum atomic E-state index is -1.50. The molecule has 0 saturated carbocycles. The summed E-state index contributed by atoms with van der Waals surface area (Å²) in [4.78, 5) is 32.0. The molecule has 11 heteroatoms. The van der Waals surface area contributed by atoms with E-state index in [2.05, 4.69) is 10.2 Å². The van der Waals surface area contributed by atoms with Crippen molar-refractivity contribution in [3.63, 3.8) is 0 Å². The van der Waals surface area contributed by atoms with Gasteiger partial charge in [0.15, 0.2) is 0 Å². The fourth-order valence-electron chi connectivity index (χ4n) is 1.20. The molecular formula is C8H14N6O5. The molecule has 106 valence electrons. The average molecular weight is 274 g/mol. The van der Waals surface area contributed by atoms with Gasteiger partial charge in [-0.25, -0.2) is 0 Å².